The number of morpholine rings is 1. The van der Waals surface area contributed by atoms with Crippen molar-refractivity contribution in [2.24, 2.45) is 5.92 Å². The molecule has 2 atom stereocenters. The van der Waals surface area contributed by atoms with Crippen molar-refractivity contribution in [1.29, 1.82) is 0 Å². The van der Waals surface area contributed by atoms with E-state index in [0.717, 1.165) is 18.0 Å². The summed E-state index contributed by atoms with van der Waals surface area (Å²) in [4.78, 5) is 13.9. The second-order valence-corrected chi connectivity index (χ2v) is 6.47. The van der Waals surface area contributed by atoms with Crippen LogP contribution in [0.25, 0.3) is 0 Å². The Kier molecular flexibility index (Phi) is 5.58. The molecule has 1 N–H and O–H groups in total. The molecule has 3 rings (SSSR count). The van der Waals surface area contributed by atoms with Gasteiger partial charge in [-0.2, -0.15) is 0 Å². The molecule has 1 saturated carbocycles. The molecule has 2 unspecified atom stereocenters. The third-order valence-corrected chi connectivity index (χ3v) is 4.62. The van der Waals surface area contributed by atoms with Gasteiger partial charge in [-0.1, -0.05) is 13.0 Å². The summed E-state index contributed by atoms with van der Waals surface area (Å²) in [6.45, 7) is 5.53. The maximum Gasteiger partial charge on any atom is 0.260 e. The first-order valence-electron chi connectivity index (χ1n) is 8.56. The lowest BCUT2D eigenvalue weighted by Gasteiger charge is -2.26. The van der Waals surface area contributed by atoms with Gasteiger partial charge in [0.1, 0.15) is 0 Å². The van der Waals surface area contributed by atoms with Crippen molar-refractivity contribution in [3.8, 4) is 11.5 Å². The first-order valence-corrected chi connectivity index (χ1v) is 8.56. The van der Waals surface area contributed by atoms with Crippen molar-refractivity contribution >= 4 is 5.91 Å². The van der Waals surface area contributed by atoms with Gasteiger partial charge in [0.05, 0.1) is 20.3 Å². The van der Waals surface area contributed by atoms with Gasteiger partial charge in [0.25, 0.3) is 5.91 Å². The number of hydrogen-bond acceptors (Lipinski definition) is 5. The Bertz CT molecular complexity index is 572. The summed E-state index contributed by atoms with van der Waals surface area (Å²) in [6.07, 6.45) is 1.25. The molecule has 1 aliphatic heterocycles. The van der Waals surface area contributed by atoms with Crippen molar-refractivity contribution in [3.63, 3.8) is 0 Å². The zero-order valence-corrected chi connectivity index (χ0v) is 14.4. The smallest absolute Gasteiger partial charge is 0.260 e. The fourth-order valence-electron chi connectivity index (χ4n) is 2.84. The van der Waals surface area contributed by atoms with Gasteiger partial charge in [-0.25, -0.2) is 0 Å². The number of carbonyl (C=O) groups excluding carboxylic acids is 1. The maximum absolute atomic E-state index is 12.1. The highest BCUT2D eigenvalue weighted by atomic mass is 16.5. The van der Waals surface area contributed by atoms with E-state index >= 15 is 0 Å². The summed E-state index contributed by atoms with van der Waals surface area (Å²) in [6, 6.07) is 6.49. The molecule has 1 saturated heterocycles. The number of rotatable bonds is 7. The van der Waals surface area contributed by atoms with Crippen LogP contribution in [0.3, 0.4) is 0 Å². The molecule has 0 aromatic heterocycles. The molecule has 132 valence electrons. The molecule has 0 radical (unpaired) electrons. The van der Waals surface area contributed by atoms with E-state index in [1.54, 1.807) is 12.0 Å². The molecule has 1 aliphatic carbocycles. The minimum absolute atomic E-state index is 0.0196. The average molecular weight is 334 g/mol. The molecule has 6 heteroatoms. The second kappa shape index (κ2) is 7.85. The Morgan fingerprint density at radius 1 is 1.33 bits per heavy atom. The molecule has 0 bridgehead atoms. The predicted octanol–water partition coefficient (Wildman–Crippen LogP) is 1.43. The van der Waals surface area contributed by atoms with Crippen LogP contribution in [-0.2, 0) is 16.1 Å². The van der Waals surface area contributed by atoms with Crippen molar-refractivity contribution < 1.29 is 19.0 Å². The SMILES string of the molecule is COc1cc(CNC2CC2C)ccc1OCC(=O)N1CCOCC1. The highest BCUT2D eigenvalue weighted by Crippen LogP contribution is 2.31. The summed E-state index contributed by atoms with van der Waals surface area (Å²) in [5.74, 6) is 2.02. The monoisotopic (exact) mass is 334 g/mol. The number of amides is 1. The zero-order chi connectivity index (χ0) is 16.9. The molecule has 1 aromatic carbocycles. The molecule has 24 heavy (non-hydrogen) atoms. The number of nitrogens with zero attached hydrogens (tertiary/aromatic N) is 1. The van der Waals surface area contributed by atoms with Gasteiger partial charge >= 0.3 is 0 Å². The van der Waals surface area contributed by atoms with Crippen LogP contribution in [0.4, 0.5) is 0 Å². The number of methoxy groups -OCH3 is 1. The van der Waals surface area contributed by atoms with Crippen LogP contribution in [-0.4, -0.2) is 56.9 Å². The maximum atomic E-state index is 12.1. The van der Waals surface area contributed by atoms with Crippen LogP contribution < -0.4 is 14.8 Å². The van der Waals surface area contributed by atoms with Gasteiger partial charge in [0.15, 0.2) is 18.1 Å². The molecular formula is C18H26N2O4. The third-order valence-electron chi connectivity index (χ3n) is 4.62. The van der Waals surface area contributed by atoms with E-state index < -0.39 is 0 Å². The number of ether oxygens (including phenoxy) is 3. The Morgan fingerprint density at radius 3 is 2.75 bits per heavy atom. The fraction of sp³-hybridized carbons (Fsp3) is 0.611. The Labute approximate surface area is 143 Å². The quantitative estimate of drug-likeness (QED) is 0.817. The van der Waals surface area contributed by atoms with E-state index in [0.29, 0.717) is 43.8 Å². The van der Waals surface area contributed by atoms with Gasteiger partial charge < -0.3 is 24.4 Å². The van der Waals surface area contributed by atoms with Crippen LogP contribution in [0.2, 0.25) is 0 Å². The third kappa shape index (κ3) is 4.39. The van der Waals surface area contributed by atoms with Crippen molar-refractivity contribution in [2.45, 2.75) is 25.9 Å². The molecule has 0 spiro atoms. The van der Waals surface area contributed by atoms with E-state index in [4.69, 9.17) is 14.2 Å². The van der Waals surface area contributed by atoms with E-state index in [9.17, 15) is 4.79 Å². The minimum atomic E-state index is -0.0196. The first kappa shape index (κ1) is 17.0. The van der Waals surface area contributed by atoms with Crippen molar-refractivity contribution in [3.05, 3.63) is 23.8 Å². The average Bonchev–Trinajstić information content (AvgIpc) is 3.34. The molecule has 2 aliphatic rings. The number of carbonyl (C=O) groups is 1. The van der Waals surface area contributed by atoms with Crippen molar-refractivity contribution in [1.82, 2.24) is 10.2 Å². The largest absolute Gasteiger partial charge is 0.493 e. The molecule has 1 aromatic rings. The molecule has 1 heterocycles. The molecule has 1 amide bonds. The van der Waals surface area contributed by atoms with Crippen LogP contribution in [0.5, 0.6) is 11.5 Å². The van der Waals surface area contributed by atoms with Gasteiger partial charge in [-0.15, -0.1) is 0 Å². The van der Waals surface area contributed by atoms with Crippen LogP contribution >= 0.6 is 0 Å². The molecular weight excluding hydrogens is 308 g/mol. The Balaban J connectivity index is 1.53. The summed E-state index contributed by atoms with van der Waals surface area (Å²) in [5, 5.41) is 3.52. The Hall–Kier alpha value is -1.79. The van der Waals surface area contributed by atoms with Gasteiger partial charge in [0.2, 0.25) is 0 Å². The highest BCUT2D eigenvalue weighted by Gasteiger charge is 2.31. The molecule has 2 fully saturated rings. The van der Waals surface area contributed by atoms with Crippen LogP contribution in [0.1, 0.15) is 18.9 Å². The highest BCUT2D eigenvalue weighted by molar-refractivity contribution is 5.78. The molecule has 6 nitrogen and oxygen atoms in total. The fourth-order valence-corrected chi connectivity index (χ4v) is 2.84. The lowest BCUT2D eigenvalue weighted by atomic mass is 10.2. The predicted molar refractivity (Wildman–Crippen MR) is 90.3 cm³/mol. The summed E-state index contributed by atoms with van der Waals surface area (Å²) >= 11 is 0. The van der Waals surface area contributed by atoms with E-state index in [1.165, 1.54) is 6.42 Å². The minimum Gasteiger partial charge on any atom is -0.493 e. The number of hydrogen-bond donors (Lipinski definition) is 1. The topological polar surface area (TPSA) is 60.0 Å². The standard InChI is InChI=1S/C18H26N2O4/c1-13-9-15(13)19-11-14-3-4-16(17(10-14)22-2)24-12-18(21)20-5-7-23-8-6-20/h3-4,10,13,15,19H,5-9,11-12H2,1-2H3. The van der Waals surface area contributed by atoms with Crippen molar-refractivity contribution in [2.75, 3.05) is 40.0 Å². The lowest BCUT2D eigenvalue weighted by Crippen LogP contribution is -2.43. The Morgan fingerprint density at radius 2 is 2.08 bits per heavy atom. The van der Waals surface area contributed by atoms with E-state index in [1.807, 2.05) is 18.2 Å². The summed E-state index contributed by atoms with van der Waals surface area (Å²) < 4.78 is 16.3. The summed E-state index contributed by atoms with van der Waals surface area (Å²) in [7, 11) is 1.62. The van der Waals surface area contributed by atoms with Gasteiger partial charge in [-0.05, 0) is 30.0 Å². The van der Waals surface area contributed by atoms with E-state index in [2.05, 4.69) is 12.2 Å². The lowest BCUT2D eigenvalue weighted by molar-refractivity contribution is -0.137. The van der Waals surface area contributed by atoms with Gasteiger partial charge in [0, 0.05) is 25.7 Å². The summed E-state index contributed by atoms with van der Waals surface area (Å²) in [5.41, 5.74) is 1.15. The normalized spacial score (nSPS) is 23.0. The second-order valence-electron chi connectivity index (χ2n) is 6.47. The van der Waals surface area contributed by atoms with Gasteiger partial charge in [-0.3, -0.25) is 4.79 Å². The number of benzene rings is 1. The van der Waals surface area contributed by atoms with E-state index in [-0.39, 0.29) is 12.5 Å². The van der Waals surface area contributed by atoms with Crippen LogP contribution in [0, 0.1) is 5.92 Å². The number of nitrogens with one attached hydrogen (secondary N) is 1. The zero-order valence-electron chi connectivity index (χ0n) is 14.4. The van der Waals surface area contributed by atoms with Crippen LogP contribution in [0.15, 0.2) is 18.2 Å². The first-order chi connectivity index (χ1) is 11.7.